The van der Waals surface area contributed by atoms with E-state index in [1.807, 2.05) is 49.6 Å². The van der Waals surface area contributed by atoms with Crippen molar-refractivity contribution in [3.8, 4) is 11.6 Å². The number of aliphatic imine (C=N–C) groups is 1. The van der Waals surface area contributed by atoms with E-state index in [1.54, 1.807) is 24.2 Å². The normalized spacial score (nSPS) is 11.3. The Labute approximate surface area is 165 Å². The third kappa shape index (κ3) is 4.88. The molecule has 0 spiro atoms. The van der Waals surface area contributed by atoms with Crippen molar-refractivity contribution in [2.45, 2.75) is 20.0 Å². The summed E-state index contributed by atoms with van der Waals surface area (Å²) in [6.07, 6.45) is 5.40. The molecule has 0 unspecified atom stereocenters. The van der Waals surface area contributed by atoms with E-state index in [0.29, 0.717) is 13.1 Å². The molecule has 3 aromatic rings. The first kappa shape index (κ1) is 19.4. The predicted molar refractivity (Wildman–Crippen MR) is 111 cm³/mol. The quantitative estimate of drug-likeness (QED) is 0.506. The van der Waals surface area contributed by atoms with Gasteiger partial charge in [-0.3, -0.25) is 0 Å². The molecule has 0 radical (unpaired) electrons. The Bertz CT molecular complexity index is 907. The van der Waals surface area contributed by atoms with Gasteiger partial charge in [-0.05, 0) is 36.8 Å². The Morgan fingerprint density at radius 3 is 2.82 bits per heavy atom. The smallest absolute Gasteiger partial charge is 0.194 e. The number of ether oxygens (including phenoxy) is 1. The van der Waals surface area contributed by atoms with Gasteiger partial charge in [0.15, 0.2) is 11.8 Å². The van der Waals surface area contributed by atoms with Crippen LogP contribution in [0.5, 0.6) is 5.75 Å². The molecular formula is C21H26N6O. The standard InChI is InChI=1S/C21H26N6O/c1-4-22-21(26(2)16-18-8-5-6-9-19(18)28-3)24-15-17-10-12-23-20(14-17)27-13-7-11-25-27/h5-14H,4,15-16H2,1-3H3,(H,22,24). The lowest BCUT2D eigenvalue weighted by atomic mass is 10.2. The number of nitrogens with one attached hydrogen (secondary N) is 1. The van der Waals surface area contributed by atoms with E-state index in [4.69, 9.17) is 9.73 Å². The molecule has 0 atom stereocenters. The number of hydrogen-bond donors (Lipinski definition) is 1. The van der Waals surface area contributed by atoms with Crippen LogP contribution in [0.4, 0.5) is 0 Å². The van der Waals surface area contributed by atoms with Crippen LogP contribution < -0.4 is 10.1 Å². The van der Waals surface area contributed by atoms with E-state index < -0.39 is 0 Å². The molecule has 0 amide bonds. The maximum atomic E-state index is 5.46. The third-order valence-electron chi connectivity index (χ3n) is 4.26. The lowest BCUT2D eigenvalue weighted by molar-refractivity contribution is 0.396. The van der Waals surface area contributed by atoms with Gasteiger partial charge in [0.25, 0.3) is 0 Å². The van der Waals surface area contributed by atoms with Crippen molar-refractivity contribution in [2.75, 3.05) is 20.7 Å². The fraction of sp³-hybridized carbons (Fsp3) is 0.286. The second-order valence-corrected chi connectivity index (χ2v) is 6.31. The minimum absolute atomic E-state index is 0.551. The second-order valence-electron chi connectivity index (χ2n) is 6.31. The van der Waals surface area contributed by atoms with Crippen LogP contribution >= 0.6 is 0 Å². The topological polar surface area (TPSA) is 67.6 Å². The molecule has 2 aromatic heterocycles. The number of methoxy groups -OCH3 is 1. The van der Waals surface area contributed by atoms with Crippen LogP contribution in [0.3, 0.4) is 0 Å². The molecule has 7 nitrogen and oxygen atoms in total. The number of benzene rings is 1. The highest BCUT2D eigenvalue weighted by atomic mass is 16.5. The molecule has 0 aliphatic heterocycles. The summed E-state index contributed by atoms with van der Waals surface area (Å²) in [4.78, 5) is 11.3. The van der Waals surface area contributed by atoms with Crippen molar-refractivity contribution in [1.82, 2.24) is 25.0 Å². The minimum atomic E-state index is 0.551. The van der Waals surface area contributed by atoms with Crippen molar-refractivity contribution in [1.29, 1.82) is 0 Å². The van der Waals surface area contributed by atoms with Gasteiger partial charge in [0.05, 0.1) is 13.7 Å². The van der Waals surface area contributed by atoms with E-state index in [9.17, 15) is 0 Å². The van der Waals surface area contributed by atoms with E-state index in [1.165, 1.54) is 0 Å². The van der Waals surface area contributed by atoms with Crippen LogP contribution in [-0.2, 0) is 13.1 Å². The first-order chi connectivity index (χ1) is 13.7. The average Bonchev–Trinajstić information content (AvgIpc) is 3.26. The Balaban J connectivity index is 1.74. The molecule has 0 saturated heterocycles. The summed E-state index contributed by atoms with van der Waals surface area (Å²) in [6, 6.07) is 13.9. The summed E-state index contributed by atoms with van der Waals surface area (Å²) in [5.74, 6) is 2.50. The summed E-state index contributed by atoms with van der Waals surface area (Å²) in [5.41, 5.74) is 2.18. The molecule has 2 heterocycles. The molecule has 7 heteroatoms. The van der Waals surface area contributed by atoms with Crippen LogP contribution in [0.15, 0.2) is 66.0 Å². The summed E-state index contributed by atoms with van der Waals surface area (Å²) in [7, 11) is 3.72. The molecule has 0 saturated carbocycles. The highest BCUT2D eigenvalue weighted by Crippen LogP contribution is 2.18. The first-order valence-electron chi connectivity index (χ1n) is 9.27. The van der Waals surface area contributed by atoms with Gasteiger partial charge in [0.2, 0.25) is 0 Å². The van der Waals surface area contributed by atoms with Gasteiger partial charge in [0.1, 0.15) is 5.75 Å². The number of aromatic nitrogens is 3. The predicted octanol–water partition coefficient (Wildman–Crippen LogP) is 2.87. The molecule has 3 rings (SSSR count). The maximum Gasteiger partial charge on any atom is 0.194 e. The fourth-order valence-electron chi connectivity index (χ4n) is 2.89. The summed E-state index contributed by atoms with van der Waals surface area (Å²) < 4.78 is 7.20. The van der Waals surface area contributed by atoms with Gasteiger partial charge in [0, 0.05) is 44.3 Å². The summed E-state index contributed by atoms with van der Waals surface area (Å²) in [5, 5.41) is 7.58. The lowest BCUT2D eigenvalue weighted by Gasteiger charge is -2.23. The molecule has 0 bridgehead atoms. The Hall–Kier alpha value is -3.35. The number of para-hydroxylation sites is 1. The van der Waals surface area contributed by atoms with E-state index >= 15 is 0 Å². The first-order valence-corrected chi connectivity index (χ1v) is 9.27. The van der Waals surface area contributed by atoms with E-state index in [2.05, 4.69) is 33.3 Å². The number of rotatable bonds is 7. The van der Waals surface area contributed by atoms with Crippen molar-refractivity contribution in [3.05, 3.63) is 72.2 Å². The fourth-order valence-corrected chi connectivity index (χ4v) is 2.89. The lowest BCUT2D eigenvalue weighted by Crippen LogP contribution is -2.38. The number of pyridine rings is 1. The van der Waals surface area contributed by atoms with Crippen molar-refractivity contribution < 1.29 is 4.74 Å². The van der Waals surface area contributed by atoms with Crippen LogP contribution in [0.25, 0.3) is 5.82 Å². The molecule has 0 aliphatic rings. The zero-order valence-corrected chi connectivity index (χ0v) is 16.5. The molecular weight excluding hydrogens is 352 g/mol. The van der Waals surface area contributed by atoms with Crippen molar-refractivity contribution in [2.24, 2.45) is 4.99 Å². The van der Waals surface area contributed by atoms with Crippen molar-refractivity contribution in [3.63, 3.8) is 0 Å². The zero-order chi connectivity index (χ0) is 19.8. The number of nitrogens with zero attached hydrogens (tertiary/aromatic N) is 5. The second kappa shape index (κ2) is 9.55. The van der Waals surface area contributed by atoms with Gasteiger partial charge < -0.3 is 15.0 Å². The van der Waals surface area contributed by atoms with Crippen LogP contribution in [0, 0.1) is 0 Å². The SMILES string of the molecule is CCNC(=NCc1ccnc(-n2cccn2)c1)N(C)Cc1ccccc1OC. The zero-order valence-electron chi connectivity index (χ0n) is 16.5. The number of guanidine groups is 1. The highest BCUT2D eigenvalue weighted by Gasteiger charge is 2.10. The van der Waals surface area contributed by atoms with E-state index in [0.717, 1.165) is 35.2 Å². The highest BCUT2D eigenvalue weighted by molar-refractivity contribution is 5.79. The molecule has 1 N–H and O–H groups in total. The Kier molecular flexibility index (Phi) is 6.62. The molecule has 146 valence electrons. The van der Waals surface area contributed by atoms with Gasteiger partial charge >= 0.3 is 0 Å². The van der Waals surface area contributed by atoms with E-state index in [-0.39, 0.29) is 0 Å². The third-order valence-corrected chi connectivity index (χ3v) is 4.26. The average molecular weight is 378 g/mol. The maximum absolute atomic E-state index is 5.46. The van der Waals surface area contributed by atoms with Crippen molar-refractivity contribution >= 4 is 5.96 Å². The summed E-state index contributed by atoms with van der Waals surface area (Å²) in [6.45, 7) is 4.11. The summed E-state index contributed by atoms with van der Waals surface area (Å²) >= 11 is 0. The monoisotopic (exact) mass is 378 g/mol. The van der Waals surface area contributed by atoms with Crippen LogP contribution in [-0.4, -0.2) is 46.3 Å². The molecule has 28 heavy (non-hydrogen) atoms. The van der Waals surface area contributed by atoms with Gasteiger partial charge in [-0.1, -0.05) is 18.2 Å². The minimum Gasteiger partial charge on any atom is -0.496 e. The van der Waals surface area contributed by atoms with Crippen LogP contribution in [0.1, 0.15) is 18.1 Å². The molecule has 1 aromatic carbocycles. The molecule has 0 aliphatic carbocycles. The Morgan fingerprint density at radius 1 is 1.21 bits per heavy atom. The molecule has 0 fully saturated rings. The Morgan fingerprint density at radius 2 is 2.07 bits per heavy atom. The largest absolute Gasteiger partial charge is 0.496 e. The van der Waals surface area contributed by atoms with Gasteiger partial charge in [-0.25, -0.2) is 14.7 Å². The van der Waals surface area contributed by atoms with Crippen LogP contribution in [0.2, 0.25) is 0 Å². The van der Waals surface area contributed by atoms with Gasteiger partial charge in [-0.2, -0.15) is 5.10 Å². The number of hydrogen-bond acceptors (Lipinski definition) is 4. The van der Waals surface area contributed by atoms with Gasteiger partial charge in [-0.15, -0.1) is 0 Å².